The van der Waals surface area contributed by atoms with E-state index in [-0.39, 0.29) is 10.9 Å². The van der Waals surface area contributed by atoms with Crippen molar-refractivity contribution in [1.29, 1.82) is 0 Å². The zero-order valence-electron chi connectivity index (χ0n) is 15.0. The number of amides is 1. The van der Waals surface area contributed by atoms with Gasteiger partial charge in [-0.25, -0.2) is 0 Å². The molecule has 23 heavy (non-hydrogen) atoms. The van der Waals surface area contributed by atoms with Gasteiger partial charge in [0.1, 0.15) is 6.23 Å². The van der Waals surface area contributed by atoms with Gasteiger partial charge in [0.15, 0.2) is 0 Å². The average Bonchev–Trinajstić information content (AvgIpc) is 2.45. The first-order valence-corrected chi connectivity index (χ1v) is 11.6. The Kier molecular flexibility index (Phi) is 5.04. The molecule has 2 rings (SSSR count). The summed E-state index contributed by atoms with van der Waals surface area (Å²) in [4.78, 5) is 14.0. The summed E-state index contributed by atoms with van der Waals surface area (Å²) in [6.07, 6.45) is 0.341. The number of hydrogen-bond acceptors (Lipinski definition) is 3. The predicted octanol–water partition coefficient (Wildman–Crippen LogP) is 3.12. The molecule has 0 spiro atoms. The van der Waals surface area contributed by atoms with E-state index in [1.807, 2.05) is 24.3 Å². The molecule has 1 aliphatic rings. The first-order valence-electron chi connectivity index (χ1n) is 8.39. The summed E-state index contributed by atoms with van der Waals surface area (Å²) in [7, 11) is -1.49. The van der Waals surface area contributed by atoms with Crippen LogP contribution in [0.25, 0.3) is 0 Å². The van der Waals surface area contributed by atoms with Gasteiger partial charge in [-0.2, -0.15) is 0 Å². The molecule has 5 heteroatoms. The van der Waals surface area contributed by atoms with E-state index in [0.29, 0.717) is 12.8 Å². The summed E-state index contributed by atoms with van der Waals surface area (Å²) >= 11 is 0. The maximum Gasteiger partial charge on any atom is 0.246 e. The number of rotatable bonds is 4. The van der Waals surface area contributed by atoms with Gasteiger partial charge in [0.2, 0.25) is 5.91 Å². The summed E-state index contributed by atoms with van der Waals surface area (Å²) in [5, 5.41) is 11.0. The second-order valence-electron chi connectivity index (χ2n) is 8.30. The molecule has 0 saturated heterocycles. The van der Waals surface area contributed by atoms with Crippen LogP contribution >= 0.6 is 0 Å². The smallest absolute Gasteiger partial charge is 0.246 e. The third kappa shape index (κ3) is 3.67. The molecular weight excluding hydrogens is 304 g/mol. The van der Waals surface area contributed by atoms with Gasteiger partial charge in [0.25, 0.3) is 0 Å². The lowest BCUT2D eigenvalue weighted by molar-refractivity contribution is -0.122. The SMILES string of the molecule is CC(C)(C)[Si](C)(C)CCC(O)N1C(=O)C(N)Cc2ccccc21. The minimum atomic E-state index is -1.49. The van der Waals surface area contributed by atoms with Crippen LogP contribution in [0.5, 0.6) is 0 Å². The van der Waals surface area contributed by atoms with E-state index in [1.165, 1.54) is 4.90 Å². The molecule has 128 valence electrons. The maximum atomic E-state index is 12.5. The molecule has 1 aromatic carbocycles. The highest BCUT2D eigenvalue weighted by molar-refractivity contribution is 6.80. The van der Waals surface area contributed by atoms with Crippen LogP contribution in [0.15, 0.2) is 24.3 Å². The quantitative estimate of drug-likeness (QED) is 0.831. The van der Waals surface area contributed by atoms with Gasteiger partial charge in [0, 0.05) is 5.69 Å². The lowest BCUT2D eigenvalue weighted by atomic mass is 9.97. The van der Waals surface area contributed by atoms with Crippen molar-refractivity contribution in [2.45, 2.75) is 70.1 Å². The summed E-state index contributed by atoms with van der Waals surface area (Å²) in [6, 6.07) is 8.13. The minimum absolute atomic E-state index is 0.175. The molecule has 2 atom stereocenters. The standard InChI is InChI=1S/C18H30N2O2Si/c1-18(2,3)23(4,5)11-10-16(21)20-15-9-7-6-8-13(15)12-14(19)17(20)22/h6-9,14,16,21H,10-12,19H2,1-5H3. The molecule has 0 radical (unpaired) electrons. The molecule has 0 bridgehead atoms. The molecule has 4 nitrogen and oxygen atoms in total. The molecule has 1 amide bonds. The Morgan fingerprint density at radius 1 is 1.35 bits per heavy atom. The van der Waals surface area contributed by atoms with Crippen LogP contribution in [0.2, 0.25) is 24.2 Å². The van der Waals surface area contributed by atoms with Gasteiger partial charge < -0.3 is 10.8 Å². The second-order valence-corrected chi connectivity index (χ2v) is 14.1. The normalized spacial score (nSPS) is 20.4. The lowest BCUT2D eigenvalue weighted by Crippen LogP contribution is -2.53. The number of hydrogen-bond donors (Lipinski definition) is 2. The second kappa shape index (κ2) is 6.38. The van der Waals surface area contributed by atoms with Crippen molar-refractivity contribution in [3.8, 4) is 0 Å². The molecule has 2 unspecified atom stereocenters. The van der Waals surface area contributed by atoms with Crippen molar-refractivity contribution < 1.29 is 9.90 Å². The number of nitrogens with zero attached hydrogens (tertiary/aromatic N) is 1. The third-order valence-corrected chi connectivity index (χ3v) is 11.2. The number of carbonyl (C=O) groups excluding carboxylic acids is 1. The fourth-order valence-electron chi connectivity index (χ4n) is 2.84. The topological polar surface area (TPSA) is 66.6 Å². The zero-order valence-corrected chi connectivity index (χ0v) is 16.0. The van der Waals surface area contributed by atoms with E-state index >= 15 is 0 Å². The van der Waals surface area contributed by atoms with E-state index < -0.39 is 20.3 Å². The van der Waals surface area contributed by atoms with Gasteiger partial charge in [0.05, 0.1) is 14.1 Å². The van der Waals surface area contributed by atoms with Crippen LogP contribution in [0.4, 0.5) is 5.69 Å². The number of aliphatic hydroxyl groups excluding tert-OH is 1. The number of aliphatic hydroxyl groups is 1. The number of carbonyl (C=O) groups is 1. The zero-order chi connectivity index (χ0) is 17.4. The van der Waals surface area contributed by atoms with Crippen molar-refractivity contribution in [1.82, 2.24) is 0 Å². The summed E-state index contributed by atoms with van der Waals surface area (Å²) in [6.45, 7) is 11.5. The van der Waals surface area contributed by atoms with Gasteiger partial charge in [-0.15, -0.1) is 0 Å². The Balaban J connectivity index is 2.19. The highest BCUT2D eigenvalue weighted by Crippen LogP contribution is 2.40. The van der Waals surface area contributed by atoms with Crippen LogP contribution < -0.4 is 10.6 Å². The molecule has 1 heterocycles. The summed E-state index contributed by atoms with van der Waals surface area (Å²) < 4.78 is 0. The van der Waals surface area contributed by atoms with Crippen molar-refractivity contribution >= 4 is 19.7 Å². The van der Waals surface area contributed by atoms with Gasteiger partial charge >= 0.3 is 0 Å². The first kappa shape index (κ1) is 18.2. The summed E-state index contributed by atoms with van der Waals surface area (Å²) in [5.74, 6) is -0.175. The number of nitrogens with two attached hydrogens (primary N) is 1. The minimum Gasteiger partial charge on any atom is -0.373 e. The highest BCUT2D eigenvalue weighted by atomic mass is 28.3. The molecule has 0 saturated carbocycles. The average molecular weight is 335 g/mol. The van der Waals surface area contributed by atoms with Gasteiger partial charge in [-0.1, -0.05) is 58.1 Å². The monoisotopic (exact) mass is 334 g/mol. The van der Waals surface area contributed by atoms with Crippen molar-refractivity contribution in [3.05, 3.63) is 29.8 Å². The largest absolute Gasteiger partial charge is 0.373 e. The molecular formula is C18H30N2O2Si. The van der Waals surface area contributed by atoms with Crippen LogP contribution in [0.1, 0.15) is 32.8 Å². The molecule has 0 fully saturated rings. The number of para-hydroxylation sites is 1. The Bertz CT molecular complexity index is 581. The Hall–Kier alpha value is -1.17. The molecule has 3 N–H and O–H groups in total. The molecule has 0 aliphatic carbocycles. The molecule has 1 aliphatic heterocycles. The Morgan fingerprint density at radius 3 is 2.57 bits per heavy atom. The number of anilines is 1. The van der Waals surface area contributed by atoms with Crippen molar-refractivity contribution in [2.75, 3.05) is 4.90 Å². The van der Waals surface area contributed by atoms with Crippen LogP contribution in [0, 0.1) is 0 Å². The van der Waals surface area contributed by atoms with E-state index in [4.69, 9.17) is 5.73 Å². The molecule has 0 aromatic heterocycles. The molecule has 1 aromatic rings. The van der Waals surface area contributed by atoms with Crippen LogP contribution in [-0.2, 0) is 11.2 Å². The Morgan fingerprint density at radius 2 is 1.96 bits per heavy atom. The van der Waals surface area contributed by atoms with E-state index in [2.05, 4.69) is 33.9 Å². The van der Waals surface area contributed by atoms with Gasteiger partial charge in [-0.3, -0.25) is 9.69 Å². The number of benzene rings is 1. The predicted molar refractivity (Wildman–Crippen MR) is 98.2 cm³/mol. The van der Waals surface area contributed by atoms with E-state index in [0.717, 1.165) is 17.3 Å². The third-order valence-electron chi connectivity index (χ3n) is 5.60. The van der Waals surface area contributed by atoms with Crippen molar-refractivity contribution in [3.63, 3.8) is 0 Å². The first-order chi connectivity index (χ1) is 10.5. The van der Waals surface area contributed by atoms with E-state index in [1.54, 1.807) is 0 Å². The fraction of sp³-hybridized carbons (Fsp3) is 0.611. The van der Waals surface area contributed by atoms with Crippen molar-refractivity contribution in [2.24, 2.45) is 5.73 Å². The van der Waals surface area contributed by atoms with Gasteiger partial charge in [-0.05, 0) is 29.5 Å². The van der Waals surface area contributed by atoms with Crippen LogP contribution in [-0.4, -0.2) is 31.4 Å². The summed E-state index contributed by atoms with van der Waals surface area (Å²) in [5.41, 5.74) is 7.82. The lowest BCUT2D eigenvalue weighted by Gasteiger charge is -2.40. The maximum absolute atomic E-state index is 12.5. The fourth-order valence-corrected chi connectivity index (χ4v) is 4.57. The highest BCUT2D eigenvalue weighted by Gasteiger charge is 2.38. The van der Waals surface area contributed by atoms with E-state index in [9.17, 15) is 9.90 Å². The Labute approximate surface area is 140 Å². The number of fused-ring (bicyclic) bond motifs is 1. The van der Waals surface area contributed by atoms with Crippen LogP contribution in [0.3, 0.4) is 0 Å².